The van der Waals surface area contributed by atoms with Gasteiger partial charge in [0.2, 0.25) is 0 Å². The highest BCUT2D eigenvalue weighted by atomic mass is 35.5. The highest BCUT2D eigenvalue weighted by Crippen LogP contribution is 2.32. The van der Waals surface area contributed by atoms with Crippen molar-refractivity contribution in [2.45, 2.75) is 25.8 Å². The molecule has 9 heteroatoms. The van der Waals surface area contributed by atoms with Gasteiger partial charge in [0.25, 0.3) is 0 Å². The van der Waals surface area contributed by atoms with Crippen molar-refractivity contribution in [1.29, 1.82) is 0 Å². The molecule has 3 N–H and O–H groups in total. The summed E-state index contributed by atoms with van der Waals surface area (Å²) in [6, 6.07) is 11.5. The predicted octanol–water partition coefficient (Wildman–Crippen LogP) is 3.96. The first-order valence-electron chi connectivity index (χ1n) is 11.4. The first kappa shape index (κ1) is 23.7. The number of halogens is 2. The monoisotopic (exact) mass is 488 g/mol. The average Bonchev–Trinajstić information content (AvgIpc) is 2.82. The number of nitrogens with one attached hydrogen (secondary N) is 1. The summed E-state index contributed by atoms with van der Waals surface area (Å²) in [6.07, 6.45) is 5.09. The third-order valence-electron chi connectivity index (χ3n) is 6.24. The molecule has 0 atom stereocenters. The molecule has 176 valence electrons. The Kier molecular flexibility index (Phi) is 8.01. The van der Waals surface area contributed by atoms with Gasteiger partial charge >= 0.3 is 0 Å². The van der Waals surface area contributed by atoms with E-state index < -0.39 is 0 Å². The lowest BCUT2D eigenvalue weighted by molar-refractivity contribution is 0.249. The lowest BCUT2D eigenvalue weighted by Crippen LogP contribution is -2.46. The zero-order valence-corrected chi connectivity index (χ0v) is 20.2. The molecule has 0 bridgehead atoms. The summed E-state index contributed by atoms with van der Waals surface area (Å²) in [6.45, 7) is 5.95. The van der Waals surface area contributed by atoms with Gasteiger partial charge in [0, 0.05) is 62.1 Å². The molecule has 0 aromatic heterocycles. The second-order valence-corrected chi connectivity index (χ2v) is 9.35. The molecule has 0 spiro atoms. The Morgan fingerprint density at radius 1 is 1.03 bits per heavy atom. The molecule has 2 aromatic carbocycles. The molecule has 2 heterocycles. The van der Waals surface area contributed by atoms with Gasteiger partial charge in [-0.05, 0) is 55.2 Å². The lowest BCUT2D eigenvalue weighted by atomic mass is 10.1. The minimum absolute atomic E-state index is 0.0810. The number of rotatable bonds is 6. The van der Waals surface area contributed by atoms with Gasteiger partial charge in [-0.15, -0.1) is 0 Å². The fraction of sp³-hybridized carbons (Fsp3) is 0.417. The van der Waals surface area contributed by atoms with Crippen molar-refractivity contribution in [1.82, 2.24) is 10.3 Å². The Morgan fingerprint density at radius 3 is 2.42 bits per heavy atom. The van der Waals surface area contributed by atoms with Gasteiger partial charge < -0.3 is 15.5 Å². The maximum atomic E-state index is 15.2. The van der Waals surface area contributed by atoms with Crippen LogP contribution in [0, 0.1) is 5.82 Å². The molecule has 2 aliphatic heterocycles. The van der Waals surface area contributed by atoms with Gasteiger partial charge in [0.1, 0.15) is 5.82 Å². The fourth-order valence-corrected chi connectivity index (χ4v) is 4.75. The van der Waals surface area contributed by atoms with Gasteiger partial charge in [0.05, 0.1) is 11.9 Å². The minimum atomic E-state index is -0.243. The second-order valence-electron chi connectivity index (χ2n) is 8.50. The molecule has 33 heavy (non-hydrogen) atoms. The highest BCUT2D eigenvalue weighted by Gasteiger charge is 2.23. The summed E-state index contributed by atoms with van der Waals surface area (Å²) < 4.78 is 15.2. The standard InChI is InChI=1S/C24H30ClFN6S/c25-20-7-3-2-6-18(20)17-30-10-12-32(13-11-30)23-15-22(31-8-4-1-5-9-31)19(14-21(23)26)16-28-29-24(27)33/h2-3,6-7,14-16H,1,4-5,8-13,17H2,(H3,27,29,33). The van der Waals surface area contributed by atoms with Crippen LogP contribution in [0.2, 0.25) is 5.02 Å². The quantitative estimate of drug-likeness (QED) is 0.364. The van der Waals surface area contributed by atoms with Gasteiger partial charge in [0.15, 0.2) is 5.11 Å². The number of benzene rings is 2. The number of nitrogens with zero attached hydrogens (tertiary/aromatic N) is 4. The smallest absolute Gasteiger partial charge is 0.184 e. The number of anilines is 2. The summed E-state index contributed by atoms with van der Waals surface area (Å²) in [5, 5.41) is 4.94. The van der Waals surface area contributed by atoms with Crippen molar-refractivity contribution in [3.05, 3.63) is 58.4 Å². The summed E-state index contributed by atoms with van der Waals surface area (Å²) >= 11 is 11.1. The van der Waals surface area contributed by atoms with Crippen LogP contribution in [0.1, 0.15) is 30.4 Å². The van der Waals surface area contributed by atoms with Crippen molar-refractivity contribution in [2.75, 3.05) is 49.1 Å². The Morgan fingerprint density at radius 2 is 1.73 bits per heavy atom. The largest absolute Gasteiger partial charge is 0.375 e. The number of hydrazone groups is 1. The van der Waals surface area contributed by atoms with Crippen LogP contribution in [0.15, 0.2) is 41.5 Å². The van der Waals surface area contributed by atoms with E-state index in [9.17, 15) is 0 Å². The first-order chi connectivity index (χ1) is 16.0. The SMILES string of the molecule is NC(=S)NN=Cc1cc(F)c(N2CCN(Cc3ccccc3Cl)CC2)cc1N1CCCCC1. The summed E-state index contributed by atoms with van der Waals surface area (Å²) in [5.74, 6) is -0.243. The van der Waals surface area contributed by atoms with Crippen LogP contribution in [0.4, 0.5) is 15.8 Å². The summed E-state index contributed by atoms with van der Waals surface area (Å²) in [7, 11) is 0. The maximum absolute atomic E-state index is 15.2. The molecular formula is C24H30ClFN6S. The number of nitrogens with two attached hydrogens (primary N) is 1. The molecule has 0 radical (unpaired) electrons. The molecule has 0 aliphatic carbocycles. The predicted molar refractivity (Wildman–Crippen MR) is 139 cm³/mol. The van der Waals surface area contributed by atoms with E-state index in [-0.39, 0.29) is 10.9 Å². The molecule has 2 aliphatic rings. The number of piperidine rings is 1. The first-order valence-corrected chi connectivity index (χ1v) is 12.2. The van der Waals surface area contributed by atoms with E-state index in [2.05, 4.69) is 31.3 Å². The number of hydrogen-bond acceptors (Lipinski definition) is 5. The minimum Gasteiger partial charge on any atom is -0.375 e. The van der Waals surface area contributed by atoms with Crippen molar-refractivity contribution in [3.8, 4) is 0 Å². The number of hydrogen-bond donors (Lipinski definition) is 2. The van der Waals surface area contributed by atoms with Crippen molar-refractivity contribution < 1.29 is 4.39 Å². The third-order valence-corrected chi connectivity index (χ3v) is 6.70. The van der Waals surface area contributed by atoms with Crippen LogP contribution in [-0.2, 0) is 6.54 Å². The second kappa shape index (κ2) is 11.1. The summed E-state index contributed by atoms with van der Waals surface area (Å²) in [5.41, 5.74) is 11.5. The molecule has 6 nitrogen and oxygen atoms in total. The Bertz CT molecular complexity index is 1000. The van der Waals surface area contributed by atoms with E-state index in [0.29, 0.717) is 5.69 Å². The van der Waals surface area contributed by atoms with Crippen molar-refractivity contribution >= 4 is 46.5 Å². The molecule has 2 aromatic rings. The van der Waals surface area contributed by atoms with Gasteiger partial charge in [-0.25, -0.2) is 4.39 Å². The third kappa shape index (κ3) is 6.13. The molecule has 0 unspecified atom stereocenters. The van der Waals surface area contributed by atoms with E-state index in [0.717, 1.165) is 80.5 Å². The van der Waals surface area contributed by atoms with E-state index >= 15 is 4.39 Å². The average molecular weight is 489 g/mol. The summed E-state index contributed by atoms with van der Waals surface area (Å²) in [4.78, 5) is 6.83. The molecule has 4 rings (SSSR count). The van der Waals surface area contributed by atoms with E-state index in [1.807, 2.05) is 24.3 Å². The molecule has 0 amide bonds. The zero-order chi connectivity index (χ0) is 23.2. The van der Waals surface area contributed by atoms with E-state index in [1.165, 1.54) is 6.42 Å². The zero-order valence-electron chi connectivity index (χ0n) is 18.6. The van der Waals surface area contributed by atoms with Crippen molar-refractivity contribution in [2.24, 2.45) is 10.8 Å². The van der Waals surface area contributed by atoms with Gasteiger partial charge in [-0.1, -0.05) is 29.8 Å². The van der Waals surface area contributed by atoms with Crippen LogP contribution >= 0.6 is 23.8 Å². The molecule has 2 saturated heterocycles. The van der Waals surface area contributed by atoms with Crippen LogP contribution in [0.5, 0.6) is 0 Å². The van der Waals surface area contributed by atoms with E-state index in [1.54, 1.807) is 12.3 Å². The van der Waals surface area contributed by atoms with Gasteiger partial charge in [-0.2, -0.15) is 5.10 Å². The fourth-order valence-electron chi connectivity index (χ4n) is 4.50. The highest BCUT2D eigenvalue weighted by molar-refractivity contribution is 7.80. The Labute approximate surface area is 205 Å². The molecular weight excluding hydrogens is 459 g/mol. The van der Waals surface area contributed by atoms with Crippen LogP contribution < -0.4 is 21.0 Å². The van der Waals surface area contributed by atoms with Crippen LogP contribution in [0.3, 0.4) is 0 Å². The van der Waals surface area contributed by atoms with Crippen LogP contribution in [-0.4, -0.2) is 55.5 Å². The molecule has 0 saturated carbocycles. The maximum Gasteiger partial charge on any atom is 0.184 e. The van der Waals surface area contributed by atoms with Gasteiger partial charge in [-0.3, -0.25) is 10.3 Å². The Balaban J connectivity index is 1.50. The number of piperazine rings is 1. The van der Waals surface area contributed by atoms with Crippen LogP contribution in [0.25, 0.3) is 0 Å². The topological polar surface area (TPSA) is 60.1 Å². The van der Waals surface area contributed by atoms with E-state index in [4.69, 9.17) is 29.6 Å². The molecule has 2 fully saturated rings. The van der Waals surface area contributed by atoms with Crippen molar-refractivity contribution in [3.63, 3.8) is 0 Å². The normalized spacial score (nSPS) is 17.5. The Hall–Kier alpha value is -2.42. The lowest BCUT2D eigenvalue weighted by Gasteiger charge is -2.37. The number of thiocarbonyl (C=S) groups is 1.